The molecule has 1 aliphatic rings. The van der Waals surface area contributed by atoms with Crippen LogP contribution in [0.4, 0.5) is 0 Å². The molecule has 0 atom stereocenters. The average Bonchev–Trinajstić information content (AvgIpc) is 3.32. The summed E-state index contributed by atoms with van der Waals surface area (Å²) < 4.78 is 13.2. The molecule has 0 spiro atoms. The fraction of sp³-hybridized carbons (Fsp3) is 0.450. The fourth-order valence-electron chi connectivity index (χ4n) is 3.40. The number of amides is 1. The van der Waals surface area contributed by atoms with E-state index < -0.39 is 0 Å². The zero-order valence-corrected chi connectivity index (χ0v) is 15.0. The summed E-state index contributed by atoms with van der Waals surface area (Å²) in [7, 11) is 3.44. The zero-order valence-electron chi connectivity index (χ0n) is 15.0. The lowest BCUT2D eigenvalue weighted by Gasteiger charge is -2.21. The molecule has 1 aromatic heterocycles. The molecular weight excluding hydrogens is 316 g/mol. The van der Waals surface area contributed by atoms with Crippen molar-refractivity contribution in [3.8, 4) is 11.5 Å². The van der Waals surface area contributed by atoms with E-state index in [-0.39, 0.29) is 5.91 Å². The number of benzene rings is 1. The van der Waals surface area contributed by atoms with Crippen molar-refractivity contribution >= 4 is 5.91 Å². The van der Waals surface area contributed by atoms with Gasteiger partial charge in [-0.1, -0.05) is 25.0 Å². The average molecular weight is 342 g/mol. The highest BCUT2D eigenvalue weighted by Gasteiger charge is 2.22. The largest absolute Gasteiger partial charge is 0.493 e. The molecule has 0 saturated heterocycles. The maximum atomic E-state index is 12.8. The molecule has 0 radical (unpaired) electrons. The maximum absolute atomic E-state index is 12.8. The van der Waals surface area contributed by atoms with Gasteiger partial charge < -0.3 is 18.9 Å². The number of nitrogens with zero attached hydrogens (tertiary/aromatic N) is 2. The zero-order chi connectivity index (χ0) is 17.6. The molecule has 1 amide bonds. The van der Waals surface area contributed by atoms with Gasteiger partial charge in [-0.15, -0.1) is 0 Å². The van der Waals surface area contributed by atoms with Gasteiger partial charge in [-0.3, -0.25) is 4.79 Å². The molecule has 25 heavy (non-hydrogen) atoms. The summed E-state index contributed by atoms with van der Waals surface area (Å²) in [5.41, 5.74) is 0.770. The van der Waals surface area contributed by atoms with Crippen LogP contribution in [0.25, 0.3) is 0 Å². The number of ether oxygens (including phenoxy) is 2. The first-order chi connectivity index (χ1) is 12.2. The SMILES string of the molecule is COc1ccccc1OCCN(C)C(=O)c1cccn1C1CCCC1. The number of methoxy groups -OCH3 is 1. The number of likely N-dealkylation sites (N-methyl/N-ethyl adjacent to an activating group) is 1. The van der Waals surface area contributed by atoms with Gasteiger partial charge in [0, 0.05) is 19.3 Å². The summed E-state index contributed by atoms with van der Waals surface area (Å²) in [5.74, 6) is 1.44. The molecule has 1 heterocycles. The highest BCUT2D eigenvalue weighted by Crippen LogP contribution is 2.31. The first-order valence-corrected chi connectivity index (χ1v) is 8.89. The van der Waals surface area contributed by atoms with E-state index in [1.165, 1.54) is 12.8 Å². The summed E-state index contributed by atoms with van der Waals surface area (Å²) in [4.78, 5) is 14.5. The molecule has 1 fully saturated rings. The third-order valence-corrected chi connectivity index (χ3v) is 4.82. The van der Waals surface area contributed by atoms with Gasteiger partial charge in [0.2, 0.25) is 0 Å². The Morgan fingerprint density at radius 3 is 2.60 bits per heavy atom. The Balaban J connectivity index is 1.57. The predicted octanol–water partition coefficient (Wildman–Crippen LogP) is 3.76. The molecular formula is C20H26N2O3. The first-order valence-electron chi connectivity index (χ1n) is 8.89. The Labute approximate surface area is 149 Å². The van der Waals surface area contributed by atoms with E-state index in [4.69, 9.17) is 9.47 Å². The van der Waals surface area contributed by atoms with Crippen LogP contribution in [0, 0.1) is 0 Å². The van der Waals surface area contributed by atoms with Crippen molar-refractivity contribution in [1.82, 2.24) is 9.47 Å². The number of carbonyl (C=O) groups excluding carboxylic acids is 1. The molecule has 3 rings (SSSR count). The Bertz CT molecular complexity index is 704. The second-order valence-electron chi connectivity index (χ2n) is 6.47. The van der Waals surface area contributed by atoms with Crippen molar-refractivity contribution in [2.24, 2.45) is 0 Å². The number of aromatic nitrogens is 1. The highest BCUT2D eigenvalue weighted by atomic mass is 16.5. The van der Waals surface area contributed by atoms with E-state index in [0.29, 0.717) is 30.7 Å². The van der Waals surface area contributed by atoms with Gasteiger partial charge in [-0.25, -0.2) is 0 Å². The van der Waals surface area contributed by atoms with Crippen LogP contribution in [0.5, 0.6) is 11.5 Å². The third-order valence-electron chi connectivity index (χ3n) is 4.82. The van der Waals surface area contributed by atoms with Gasteiger partial charge in [0.25, 0.3) is 5.91 Å². The van der Waals surface area contributed by atoms with Crippen LogP contribution in [0.15, 0.2) is 42.6 Å². The molecule has 5 nitrogen and oxygen atoms in total. The second kappa shape index (κ2) is 8.10. The summed E-state index contributed by atoms with van der Waals surface area (Å²) in [5, 5.41) is 0. The van der Waals surface area contributed by atoms with E-state index in [1.54, 1.807) is 12.0 Å². The standard InChI is InChI=1S/C20H26N2O3/c1-21(14-15-25-19-12-6-5-11-18(19)24-2)20(23)17-10-7-13-22(17)16-8-3-4-9-16/h5-7,10-13,16H,3-4,8-9,14-15H2,1-2H3. The van der Waals surface area contributed by atoms with Gasteiger partial charge in [-0.05, 0) is 37.1 Å². The number of hydrogen-bond donors (Lipinski definition) is 0. The summed E-state index contributed by atoms with van der Waals surface area (Å²) in [6, 6.07) is 11.9. The number of hydrogen-bond acceptors (Lipinski definition) is 3. The lowest BCUT2D eigenvalue weighted by atomic mass is 10.2. The van der Waals surface area contributed by atoms with Crippen LogP contribution < -0.4 is 9.47 Å². The van der Waals surface area contributed by atoms with Crippen LogP contribution in [0.2, 0.25) is 0 Å². The highest BCUT2D eigenvalue weighted by molar-refractivity contribution is 5.92. The molecule has 1 aromatic carbocycles. The van der Waals surface area contributed by atoms with E-state index >= 15 is 0 Å². The first kappa shape index (κ1) is 17.4. The Kier molecular flexibility index (Phi) is 5.64. The Morgan fingerprint density at radius 1 is 1.16 bits per heavy atom. The quantitative estimate of drug-likeness (QED) is 0.769. The Morgan fingerprint density at radius 2 is 1.88 bits per heavy atom. The van der Waals surface area contributed by atoms with Gasteiger partial charge in [0.1, 0.15) is 12.3 Å². The minimum Gasteiger partial charge on any atom is -0.493 e. The maximum Gasteiger partial charge on any atom is 0.270 e. The van der Waals surface area contributed by atoms with Crippen LogP contribution >= 0.6 is 0 Å². The molecule has 0 aliphatic heterocycles. The van der Waals surface area contributed by atoms with Crippen LogP contribution in [0.3, 0.4) is 0 Å². The Hall–Kier alpha value is -2.43. The van der Waals surface area contributed by atoms with Crippen molar-refractivity contribution in [1.29, 1.82) is 0 Å². The van der Waals surface area contributed by atoms with Gasteiger partial charge in [0.05, 0.1) is 13.7 Å². The molecule has 1 saturated carbocycles. The molecule has 0 unspecified atom stereocenters. The summed E-state index contributed by atoms with van der Waals surface area (Å²) in [6.45, 7) is 0.944. The van der Waals surface area contributed by atoms with Crippen molar-refractivity contribution < 1.29 is 14.3 Å². The topological polar surface area (TPSA) is 43.7 Å². The number of carbonyl (C=O) groups is 1. The van der Waals surface area contributed by atoms with E-state index in [1.807, 2.05) is 49.6 Å². The van der Waals surface area contributed by atoms with Crippen LogP contribution in [0.1, 0.15) is 42.2 Å². The molecule has 134 valence electrons. The monoisotopic (exact) mass is 342 g/mol. The van der Waals surface area contributed by atoms with Crippen molar-refractivity contribution in [2.75, 3.05) is 27.3 Å². The minimum absolute atomic E-state index is 0.0422. The van der Waals surface area contributed by atoms with Crippen LogP contribution in [-0.2, 0) is 0 Å². The van der Waals surface area contributed by atoms with Crippen LogP contribution in [-0.4, -0.2) is 42.7 Å². The molecule has 5 heteroatoms. The van der Waals surface area contributed by atoms with Gasteiger partial charge >= 0.3 is 0 Å². The fourth-order valence-corrected chi connectivity index (χ4v) is 3.40. The number of rotatable bonds is 7. The molecule has 2 aromatic rings. The van der Waals surface area contributed by atoms with E-state index in [2.05, 4.69) is 4.57 Å². The van der Waals surface area contributed by atoms with E-state index in [9.17, 15) is 4.79 Å². The number of para-hydroxylation sites is 2. The predicted molar refractivity (Wildman–Crippen MR) is 97.4 cm³/mol. The van der Waals surface area contributed by atoms with Crippen molar-refractivity contribution in [3.05, 3.63) is 48.3 Å². The van der Waals surface area contributed by atoms with Crippen molar-refractivity contribution in [3.63, 3.8) is 0 Å². The molecule has 1 aliphatic carbocycles. The summed E-state index contributed by atoms with van der Waals surface area (Å²) >= 11 is 0. The second-order valence-corrected chi connectivity index (χ2v) is 6.47. The smallest absolute Gasteiger partial charge is 0.270 e. The lowest BCUT2D eigenvalue weighted by molar-refractivity contribution is 0.0760. The van der Waals surface area contributed by atoms with Crippen molar-refractivity contribution in [2.45, 2.75) is 31.7 Å². The molecule has 0 N–H and O–H groups in total. The normalized spacial score (nSPS) is 14.5. The van der Waals surface area contributed by atoms with E-state index in [0.717, 1.165) is 18.5 Å². The third kappa shape index (κ3) is 3.98. The minimum atomic E-state index is 0.0422. The lowest BCUT2D eigenvalue weighted by Crippen LogP contribution is -2.32. The van der Waals surface area contributed by atoms with Gasteiger partial charge in [0.15, 0.2) is 11.5 Å². The summed E-state index contributed by atoms with van der Waals surface area (Å²) in [6.07, 6.45) is 6.85. The van der Waals surface area contributed by atoms with Gasteiger partial charge in [-0.2, -0.15) is 0 Å². The molecule has 0 bridgehead atoms.